The van der Waals surface area contributed by atoms with Gasteiger partial charge in [-0.05, 0) is 31.9 Å². The zero-order valence-corrected chi connectivity index (χ0v) is 13.6. The summed E-state index contributed by atoms with van der Waals surface area (Å²) in [4.78, 5) is 0. The van der Waals surface area contributed by atoms with E-state index in [4.69, 9.17) is 17.3 Å². The first-order valence-electron chi connectivity index (χ1n) is 6.81. The number of rotatable bonds is 3. The Kier molecular flexibility index (Phi) is 4.61. The monoisotopic (exact) mass is 345 g/mol. The molecular formula is C15H21BrClNO. The molecule has 0 aliphatic heterocycles. The molecule has 0 heterocycles. The summed E-state index contributed by atoms with van der Waals surface area (Å²) in [5.41, 5.74) is 5.56. The molecular weight excluding hydrogens is 326 g/mol. The van der Waals surface area contributed by atoms with Crippen molar-refractivity contribution in [3.05, 3.63) is 33.3 Å². The lowest BCUT2D eigenvalue weighted by Crippen LogP contribution is -2.49. The van der Waals surface area contributed by atoms with Gasteiger partial charge in [-0.1, -0.05) is 52.9 Å². The van der Waals surface area contributed by atoms with Crippen molar-refractivity contribution in [2.75, 3.05) is 6.54 Å². The van der Waals surface area contributed by atoms with E-state index in [1.54, 1.807) is 0 Å². The summed E-state index contributed by atoms with van der Waals surface area (Å²) in [5.74, 6) is 0. The van der Waals surface area contributed by atoms with Gasteiger partial charge in [-0.25, -0.2) is 0 Å². The number of benzene rings is 1. The SMILES string of the molecule is CC(O)(c1ccc(Br)cc1Cl)C1(CN)CCCCC1. The van der Waals surface area contributed by atoms with Crippen molar-refractivity contribution in [1.29, 1.82) is 0 Å². The standard InChI is InChI=1S/C15H21BrClNO/c1-14(19,12-6-5-11(16)9-13(12)17)15(10-18)7-3-2-4-8-15/h5-6,9,19H,2-4,7-8,10,18H2,1H3. The lowest BCUT2D eigenvalue weighted by molar-refractivity contribution is -0.0918. The molecule has 2 nitrogen and oxygen atoms in total. The van der Waals surface area contributed by atoms with E-state index < -0.39 is 5.60 Å². The van der Waals surface area contributed by atoms with E-state index in [0.717, 1.165) is 35.7 Å². The third-order valence-electron chi connectivity index (χ3n) is 4.69. The van der Waals surface area contributed by atoms with Crippen LogP contribution in [0.15, 0.2) is 22.7 Å². The minimum absolute atomic E-state index is 0.261. The van der Waals surface area contributed by atoms with E-state index >= 15 is 0 Å². The summed E-state index contributed by atoms with van der Waals surface area (Å²) < 4.78 is 0.919. The largest absolute Gasteiger partial charge is 0.385 e. The quantitative estimate of drug-likeness (QED) is 0.861. The fourth-order valence-electron chi connectivity index (χ4n) is 3.29. The highest BCUT2D eigenvalue weighted by Gasteiger charge is 2.48. The van der Waals surface area contributed by atoms with Gasteiger partial charge in [0, 0.05) is 27.0 Å². The molecule has 1 unspecified atom stereocenters. The van der Waals surface area contributed by atoms with Gasteiger partial charge in [0.1, 0.15) is 0 Å². The predicted octanol–water partition coefficient (Wildman–Crippen LogP) is 4.22. The third kappa shape index (κ3) is 2.71. The number of nitrogens with two attached hydrogens (primary N) is 1. The van der Waals surface area contributed by atoms with Gasteiger partial charge in [-0.15, -0.1) is 0 Å². The molecule has 19 heavy (non-hydrogen) atoms. The average molecular weight is 347 g/mol. The molecule has 0 radical (unpaired) electrons. The maximum Gasteiger partial charge on any atom is 0.0950 e. The van der Waals surface area contributed by atoms with Crippen LogP contribution in [-0.4, -0.2) is 11.7 Å². The van der Waals surface area contributed by atoms with E-state index in [1.807, 2.05) is 25.1 Å². The van der Waals surface area contributed by atoms with Gasteiger partial charge in [0.05, 0.1) is 5.60 Å². The lowest BCUT2D eigenvalue weighted by Gasteiger charge is -2.48. The van der Waals surface area contributed by atoms with Gasteiger partial charge >= 0.3 is 0 Å². The van der Waals surface area contributed by atoms with Crippen LogP contribution < -0.4 is 5.73 Å². The van der Waals surface area contributed by atoms with Gasteiger partial charge in [-0.3, -0.25) is 0 Å². The van der Waals surface area contributed by atoms with Crippen molar-refractivity contribution in [1.82, 2.24) is 0 Å². The number of halogens is 2. The Labute approximate surface area is 128 Å². The van der Waals surface area contributed by atoms with Crippen LogP contribution in [0, 0.1) is 5.41 Å². The Bertz CT molecular complexity index is 455. The zero-order chi connectivity index (χ0) is 14.1. The molecule has 1 fully saturated rings. The Balaban J connectivity index is 2.44. The first kappa shape index (κ1) is 15.3. The van der Waals surface area contributed by atoms with Crippen LogP contribution in [0.25, 0.3) is 0 Å². The fraction of sp³-hybridized carbons (Fsp3) is 0.600. The smallest absolute Gasteiger partial charge is 0.0950 e. The minimum Gasteiger partial charge on any atom is -0.385 e. The topological polar surface area (TPSA) is 46.2 Å². The van der Waals surface area contributed by atoms with E-state index in [-0.39, 0.29) is 5.41 Å². The van der Waals surface area contributed by atoms with E-state index in [0.29, 0.717) is 11.6 Å². The maximum atomic E-state index is 11.2. The van der Waals surface area contributed by atoms with Crippen molar-refractivity contribution in [3.63, 3.8) is 0 Å². The van der Waals surface area contributed by atoms with Crippen molar-refractivity contribution in [2.24, 2.45) is 11.1 Å². The second kappa shape index (κ2) is 5.72. The van der Waals surface area contributed by atoms with Crippen LogP contribution in [0.2, 0.25) is 5.02 Å². The van der Waals surface area contributed by atoms with Gasteiger partial charge < -0.3 is 10.8 Å². The number of hydrogen-bond acceptors (Lipinski definition) is 2. The van der Waals surface area contributed by atoms with Crippen molar-refractivity contribution in [3.8, 4) is 0 Å². The average Bonchev–Trinajstić information content (AvgIpc) is 2.39. The molecule has 1 aliphatic carbocycles. The van der Waals surface area contributed by atoms with Crippen LogP contribution in [0.4, 0.5) is 0 Å². The molecule has 0 amide bonds. The first-order valence-corrected chi connectivity index (χ1v) is 7.98. The second-order valence-electron chi connectivity index (χ2n) is 5.74. The summed E-state index contributed by atoms with van der Waals surface area (Å²) >= 11 is 9.72. The molecule has 0 saturated heterocycles. The highest BCUT2D eigenvalue weighted by Crippen LogP contribution is 2.50. The van der Waals surface area contributed by atoms with E-state index in [9.17, 15) is 5.11 Å². The van der Waals surface area contributed by atoms with Crippen LogP contribution >= 0.6 is 27.5 Å². The lowest BCUT2D eigenvalue weighted by atomic mass is 9.61. The molecule has 3 N–H and O–H groups in total. The van der Waals surface area contributed by atoms with Gasteiger partial charge in [0.15, 0.2) is 0 Å². The summed E-state index contributed by atoms with van der Waals surface area (Å²) in [7, 11) is 0. The third-order valence-corrected chi connectivity index (χ3v) is 5.50. The van der Waals surface area contributed by atoms with E-state index in [2.05, 4.69) is 15.9 Å². The van der Waals surface area contributed by atoms with Crippen molar-refractivity contribution >= 4 is 27.5 Å². The van der Waals surface area contributed by atoms with Gasteiger partial charge in [0.2, 0.25) is 0 Å². The predicted molar refractivity (Wildman–Crippen MR) is 83.3 cm³/mol. The van der Waals surface area contributed by atoms with Crippen molar-refractivity contribution in [2.45, 2.75) is 44.6 Å². The Morgan fingerprint density at radius 2 is 2.00 bits per heavy atom. The highest BCUT2D eigenvalue weighted by atomic mass is 79.9. The fourth-order valence-corrected chi connectivity index (χ4v) is 4.15. The molecule has 106 valence electrons. The molecule has 1 aromatic rings. The minimum atomic E-state index is -0.986. The Morgan fingerprint density at radius 1 is 1.37 bits per heavy atom. The van der Waals surface area contributed by atoms with Gasteiger partial charge in [0.25, 0.3) is 0 Å². The summed E-state index contributed by atoms with van der Waals surface area (Å²) in [5, 5.41) is 11.7. The van der Waals surface area contributed by atoms with Crippen LogP contribution in [0.1, 0.15) is 44.6 Å². The van der Waals surface area contributed by atoms with Gasteiger partial charge in [-0.2, -0.15) is 0 Å². The molecule has 1 aliphatic rings. The molecule has 0 bridgehead atoms. The van der Waals surface area contributed by atoms with E-state index in [1.165, 1.54) is 6.42 Å². The molecule has 1 saturated carbocycles. The summed E-state index contributed by atoms with van der Waals surface area (Å²) in [6.45, 7) is 2.35. The normalized spacial score (nSPS) is 21.9. The number of hydrogen-bond donors (Lipinski definition) is 2. The van der Waals surface area contributed by atoms with Crippen LogP contribution in [0.5, 0.6) is 0 Å². The Morgan fingerprint density at radius 3 is 2.53 bits per heavy atom. The maximum absolute atomic E-state index is 11.2. The number of aliphatic hydroxyl groups is 1. The highest BCUT2D eigenvalue weighted by molar-refractivity contribution is 9.10. The van der Waals surface area contributed by atoms with Crippen LogP contribution in [0.3, 0.4) is 0 Å². The Hall–Kier alpha value is -0.0900. The molecule has 4 heteroatoms. The summed E-state index contributed by atoms with van der Waals surface area (Å²) in [6.07, 6.45) is 5.40. The molecule has 1 atom stereocenters. The van der Waals surface area contributed by atoms with Crippen molar-refractivity contribution < 1.29 is 5.11 Å². The molecule has 2 rings (SSSR count). The van der Waals surface area contributed by atoms with Crippen LogP contribution in [-0.2, 0) is 5.60 Å². The first-order chi connectivity index (χ1) is 8.93. The molecule has 0 spiro atoms. The summed E-state index contributed by atoms with van der Waals surface area (Å²) in [6, 6.07) is 5.65. The molecule has 1 aromatic carbocycles. The zero-order valence-electron chi connectivity index (χ0n) is 11.3. The second-order valence-corrected chi connectivity index (χ2v) is 7.06. The molecule has 0 aromatic heterocycles.